The van der Waals surface area contributed by atoms with Gasteiger partial charge in [-0.2, -0.15) is 18.3 Å². The topological polar surface area (TPSA) is 96.4 Å². The molecule has 0 aliphatic carbocycles. The van der Waals surface area contributed by atoms with E-state index in [0.29, 0.717) is 43.5 Å². The van der Waals surface area contributed by atoms with Crippen molar-refractivity contribution in [2.75, 3.05) is 13.1 Å². The predicted octanol–water partition coefficient (Wildman–Crippen LogP) is 3.38. The van der Waals surface area contributed by atoms with Gasteiger partial charge < -0.3 is 10.2 Å². The Morgan fingerprint density at radius 2 is 1.68 bits per heavy atom. The third kappa shape index (κ3) is 4.96. The molecular weight excluding hydrogens is 499 g/mol. The molecule has 2 aromatic carbocycles. The Balaban J connectivity index is 1.23. The van der Waals surface area contributed by atoms with Gasteiger partial charge in [0.05, 0.1) is 24.0 Å². The molecule has 1 aliphatic heterocycles. The number of aliphatic hydroxyl groups is 2. The first kappa shape index (κ1) is 26.1. The minimum atomic E-state index is -4.77. The second-order valence-corrected chi connectivity index (χ2v) is 10.1. The molecule has 0 radical (unpaired) electrons. The molecule has 0 amide bonds. The van der Waals surface area contributed by atoms with E-state index in [2.05, 4.69) is 15.0 Å². The summed E-state index contributed by atoms with van der Waals surface area (Å²) in [4.78, 5) is 19.6. The molecule has 2 N–H and O–H groups in total. The molecule has 3 heterocycles. The maximum Gasteiger partial charge on any atom is 0.421 e. The summed E-state index contributed by atoms with van der Waals surface area (Å²) in [6.07, 6.45) is -1.01. The summed E-state index contributed by atoms with van der Waals surface area (Å²) in [6.45, 7) is 2.43. The van der Waals surface area contributed by atoms with Gasteiger partial charge in [0.1, 0.15) is 11.7 Å². The number of halogens is 3. The first-order chi connectivity index (χ1) is 18.0. The summed E-state index contributed by atoms with van der Waals surface area (Å²) in [5.41, 5.74) is -2.46. The van der Waals surface area contributed by atoms with Gasteiger partial charge >= 0.3 is 6.18 Å². The van der Waals surface area contributed by atoms with Crippen LogP contribution in [0.25, 0.3) is 16.7 Å². The van der Waals surface area contributed by atoms with Crippen molar-refractivity contribution in [1.82, 2.24) is 24.2 Å². The number of aromatic nitrogens is 4. The van der Waals surface area contributed by atoms with Crippen LogP contribution in [0, 0.1) is 0 Å². The Morgan fingerprint density at radius 1 is 1.03 bits per heavy atom. The van der Waals surface area contributed by atoms with Crippen LogP contribution in [0.4, 0.5) is 13.2 Å². The van der Waals surface area contributed by atoms with Crippen LogP contribution in [0.3, 0.4) is 0 Å². The van der Waals surface area contributed by atoms with Gasteiger partial charge in [-0.25, -0.2) is 9.67 Å². The Bertz CT molecular complexity index is 1470. The van der Waals surface area contributed by atoms with Crippen molar-refractivity contribution < 1.29 is 23.4 Å². The number of fused-ring (bicyclic) bond motifs is 1. The van der Waals surface area contributed by atoms with Crippen molar-refractivity contribution in [2.45, 2.75) is 50.2 Å². The highest BCUT2D eigenvalue weighted by Gasteiger charge is 2.51. The van der Waals surface area contributed by atoms with Gasteiger partial charge in [-0.05, 0) is 43.0 Å². The molecule has 2 aromatic heterocycles. The minimum absolute atomic E-state index is 0.0976. The average Bonchev–Trinajstić information content (AvgIpc) is 3.32. The first-order valence-corrected chi connectivity index (χ1v) is 12.3. The zero-order valence-corrected chi connectivity index (χ0v) is 20.8. The lowest BCUT2D eigenvalue weighted by Gasteiger charge is -2.38. The SMILES string of the molecule is CC(O)(c1ccc(CN2CCC(O)(Cn3cnc4c(cnn4-c4ccccc4)c3=O)CC2)cc1)C(F)(F)F. The van der Waals surface area contributed by atoms with Crippen LogP contribution in [-0.2, 0) is 18.7 Å². The van der Waals surface area contributed by atoms with Crippen LogP contribution in [0.5, 0.6) is 0 Å². The molecule has 38 heavy (non-hydrogen) atoms. The number of rotatable bonds is 6. The van der Waals surface area contributed by atoms with Crippen molar-refractivity contribution in [3.05, 3.63) is 88.6 Å². The van der Waals surface area contributed by atoms with Crippen molar-refractivity contribution in [2.24, 2.45) is 0 Å². The normalized spacial score (nSPS) is 17.9. The number of hydrogen-bond acceptors (Lipinski definition) is 6. The zero-order valence-electron chi connectivity index (χ0n) is 20.8. The second-order valence-electron chi connectivity index (χ2n) is 10.1. The lowest BCUT2D eigenvalue weighted by molar-refractivity contribution is -0.258. The van der Waals surface area contributed by atoms with Crippen molar-refractivity contribution in [3.63, 3.8) is 0 Å². The highest BCUT2D eigenvalue weighted by atomic mass is 19.4. The lowest BCUT2D eigenvalue weighted by atomic mass is 9.90. The van der Waals surface area contributed by atoms with E-state index in [1.54, 1.807) is 16.8 Å². The number of piperidine rings is 1. The summed E-state index contributed by atoms with van der Waals surface area (Å²) < 4.78 is 42.3. The molecule has 5 rings (SSSR count). The fourth-order valence-corrected chi connectivity index (χ4v) is 4.78. The molecule has 0 saturated carbocycles. The number of benzene rings is 2. The largest absolute Gasteiger partial charge is 0.421 e. The second kappa shape index (κ2) is 9.64. The quantitative estimate of drug-likeness (QED) is 0.399. The van der Waals surface area contributed by atoms with Gasteiger partial charge in [-0.15, -0.1) is 0 Å². The van der Waals surface area contributed by atoms with E-state index in [4.69, 9.17) is 0 Å². The molecule has 0 spiro atoms. The number of alkyl halides is 3. The van der Waals surface area contributed by atoms with E-state index in [1.165, 1.54) is 29.2 Å². The molecule has 0 bridgehead atoms. The molecule has 1 unspecified atom stereocenters. The smallest absolute Gasteiger partial charge is 0.388 e. The standard InChI is InChI=1S/C27H28F3N5O3/c1-25(37,27(28,29)30)20-9-7-19(8-10-20)16-33-13-11-26(38,12-14-33)17-34-18-31-23-22(24(34)36)15-32-35(23)21-5-3-2-4-6-21/h2-10,15,18,37-38H,11-14,16-17H2,1H3. The van der Waals surface area contributed by atoms with Crippen LogP contribution in [0.2, 0.25) is 0 Å². The minimum Gasteiger partial charge on any atom is -0.388 e. The van der Waals surface area contributed by atoms with Gasteiger partial charge in [-0.1, -0.05) is 42.5 Å². The summed E-state index contributed by atoms with van der Waals surface area (Å²) in [7, 11) is 0. The van der Waals surface area contributed by atoms with Crippen LogP contribution in [-0.4, -0.2) is 59.3 Å². The Kier molecular flexibility index (Phi) is 6.62. The first-order valence-electron chi connectivity index (χ1n) is 12.3. The Labute approximate surface area is 216 Å². The number of para-hydroxylation sites is 1. The van der Waals surface area contributed by atoms with Gasteiger partial charge in [0.25, 0.3) is 5.56 Å². The van der Waals surface area contributed by atoms with E-state index < -0.39 is 17.4 Å². The molecule has 4 aromatic rings. The Hall–Kier alpha value is -3.54. The highest BCUT2D eigenvalue weighted by molar-refractivity contribution is 5.74. The number of likely N-dealkylation sites (tertiary alicyclic amines) is 1. The number of hydrogen-bond donors (Lipinski definition) is 2. The molecule has 8 nitrogen and oxygen atoms in total. The van der Waals surface area contributed by atoms with Gasteiger partial charge in [0, 0.05) is 19.6 Å². The van der Waals surface area contributed by atoms with E-state index in [0.717, 1.165) is 18.2 Å². The monoisotopic (exact) mass is 527 g/mol. The van der Waals surface area contributed by atoms with E-state index in [1.807, 2.05) is 30.3 Å². The molecule has 1 aliphatic rings. The Morgan fingerprint density at radius 3 is 2.32 bits per heavy atom. The van der Waals surface area contributed by atoms with E-state index in [-0.39, 0.29) is 17.7 Å². The lowest BCUT2D eigenvalue weighted by Crippen LogP contribution is -2.47. The summed E-state index contributed by atoms with van der Waals surface area (Å²) in [6, 6.07) is 15.1. The fourth-order valence-electron chi connectivity index (χ4n) is 4.78. The molecule has 1 saturated heterocycles. The summed E-state index contributed by atoms with van der Waals surface area (Å²) >= 11 is 0. The molecule has 200 valence electrons. The van der Waals surface area contributed by atoms with Crippen LogP contribution in [0.15, 0.2) is 71.9 Å². The third-order valence-corrected chi connectivity index (χ3v) is 7.28. The fraction of sp³-hybridized carbons (Fsp3) is 0.370. The molecular formula is C27H28F3N5O3. The van der Waals surface area contributed by atoms with Crippen molar-refractivity contribution >= 4 is 11.0 Å². The maximum atomic E-state index is 13.1. The van der Waals surface area contributed by atoms with Crippen LogP contribution < -0.4 is 5.56 Å². The summed E-state index contributed by atoms with van der Waals surface area (Å²) in [5.74, 6) is 0. The van der Waals surface area contributed by atoms with Gasteiger partial charge in [0.15, 0.2) is 11.2 Å². The predicted molar refractivity (Wildman–Crippen MR) is 135 cm³/mol. The average molecular weight is 528 g/mol. The van der Waals surface area contributed by atoms with Crippen LogP contribution >= 0.6 is 0 Å². The van der Waals surface area contributed by atoms with Gasteiger partial charge in [0.2, 0.25) is 0 Å². The third-order valence-electron chi connectivity index (χ3n) is 7.28. The number of nitrogens with zero attached hydrogens (tertiary/aromatic N) is 5. The molecule has 11 heteroatoms. The molecule has 1 atom stereocenters. The van der Waals surface area contributed by atoms with E-state index >= 15 is 0 Å². The molecule has 1 fully saturated rings. The van der Waals surface area contributed by atoms with Crippen molar-refractivity contribution in [3.8, 4) is 5.69 Å². The maximum absolute atomic E-state index is 13.1. The van der Waals surface area contributed by atoms with E-state index in [9.17, 15) is 28.2 Å². The summed E-state index contributed by atoms with van der Waals surface area (Å²) in [5, 5.41) is 25.7. The van der Waals surface area contributed by atoms with Crippen molar-refractivity contribution in [1.29, 1.82) is 0 Å². The van der Waals surface area contributed by atoms with Gasteiger partial charge in [-0.3, -0.25) is 14.3 Å². The van der Waals surface area contributed by atoms with Crippen LogP contribution in [0.1, 0.15) is 30.9 Å². The highest BCUT2D eigenvalue weighted by Crippen LogP contribution is 2.38. The zero-order chi connectivity index (χ0) is 27.1.